The minimum Gasteiger partial charge on any atom is -0.0847 e. The Morgan fingerprint density at radius 3 is 2.40 bits per heavy atom. The maximum atomic E-state index is 2.39. The molecule has 0 heterocycles. The second-order valence-electron chi connectivity index (χ2n) is 4.61. The van der Waals surface area contributed by atoms with Crippen LogP contribution in [0.15, 0.2) is 23.8 Å². The Bertz CT molecular complexity index is 198. The van der Waals surface area contributed by atoms with E-state index in [1.54, 1.807) is 0 Å². The first kappa shape index (κ1) is 14.5. The average molecular weight is 208 g/mol. The lowest BCUT2D eigenvalue weighted by atomic mass is 9.85. The van der Waals surface area contributed by atoms with Crippen LogP contribution in [0.2, 0.25) is 0 Å². The van der Waals surface area contributed by atoms with E-state index < -0.39 is 0 Å². The van der Waals surface area contributed by atoms with Crippen molar-refractivity contribution in [2.45, 2.75) is 60.3 Å². The van der Waals surface area contributed by atoms with Gasteiger partial charge in [0.1, 0.15) is 0 Å². The molecule has 0 spiro atoms. The summed E-state index contributed by atoms with van der Waals surface area (Å²) >= 11 is 0. The highest BCUT2D eigenvalue weighted by Gasteiger charge is 2.12. The van der Waals surface area contributed by atoms with E-state index in [1.165, 1.54) is 31.3 Å². The summed E-state index contributed by atoms with van der Waals surface area (Å²) in [5, 5.41) is 0. The van der Waals surface area contributed by atoms with E-state index in [0.717, 1.165) is 11.8 Å². The molecule has 0 bridgehead atoms. The van der Waals surface area contributed by atoms with Crippen molar-refractivity contribution in [2.75, 3.05) is 0 Å². The molecule has 0 N–H and O–H groups in total. The minimum atomic E-state index is 0.862. The molecule has 0 fully saturated rings. The molecule has 0 amide bonds. The lowest BCUT2D eigenvalue weighted by Crippen LogP contribution is -2.09. The molecule has 2 unspecified atom stereocenters. The zero-order chi connectivity index (χ0) is 11.7. The van der Waals surface area contributed by atoms with Crippen LogP contribution >= 0.6 is 0 Å². The predicted octanol–water partition coefficient (Wildman–Crippen LogP) is 5.36. The number of hydrogen-bond donors (Lipinski definition) is 0. The monoisotopic (exact) mass is 208 g/mol. The predicted molar refractivity (Wildman–Crippen MR) is 71.0 cm³/mol. The van der Waals surface area contributed by atoms with Crippen molar-refractivity contribution in [3.8, 4) is 0 Å². The summed E-state index contributed by atoms with van der Waals surface area (Å²) in [6, 6.07) is 0. The molecule has 0 aliphatic carbocycles. The third-order valence-corrected chi connectivity index (χ3v) is 3.38. The Labute approximate surface area is 96.5 Å². The molecule has 0 aliphatic rings. The fraction of sp³-hybridized carbons (Fsp3) is 0.733. The highest BCUT2D eigenvalue weighted by molar-refractivity contribution is 5.14. The molecule has 15 heavy (non-hydrogen) atoms. The fourth-order valence-electron chi connectivity index (χ4n) is 1.86. The van der Waals surface area contributed by atoms with Gasteiger partial charge in [-0.15, -0.1) is 0 Å². The lowest BCUT2D eigenvalue weighted by molar-refractivity contribution is 0.327. The van der Waals surface area contributed by atoms with Crippen molar-refractivity contribution in [1.82, 2.24) is 0 Å². The molecule has 2 atom stereocenters. The lowest BCUT2D eigenvalue weighted by Gasteiger charge is -2.20. The van der Waals surface area contributed by atoms with Gasteiger partial charge < -0.3 is 0 Å². The van der Waals surface area contributed by atoms with Crippen LogP contribution in [0.25, 0.3) is 0 Å². The van der Waals surface area contributed by atoms with Crippen molar-refractivity contribution in [1.29, 1.82) is 0 Å². The molecule has 0 radical (unpaired) electrons. The maximum absolute atomic E-state index is 2.39. The average Bonchev–Trinajstić information content (AvgIpc) is 2.26. The van der Waals surface area contributed by atoms with Crippen LogP contribution in [-0.4, -0.2) is 0 Å². The molecular formula is C15H28. The summed E-state index contributed by atoms with van der Waals surface area (Å²) in [5.41, 5.74) is 1.37. The normalized spacial score (nSPS) is 17.0. The van der Waals surface area contributed by atoms with Gasteiger partial charge in [0, 0.05) is 0 Å². The molecule has 0 aromatic carbocycles. The standard InChI is InChI=1S/C15H28/c1-6-10-15(14(5)8-3)12-9-11-13(4)7-2/h7,9,11,14-15H,6,8,10,12H2,1-5H3. The zero-order valence-corrected chi connectivity index (χ0v) is 11.2. The molecular weight excluding hydrogens is 180 g/mol. The quantitative estimate of drug-likeness (QED) is 0.494. The molecule has 0 nitrogen and oxygen atoms in total. The van der Waals surface area contributed by atoms with E-state index in [4.69, 9.17) is 0 Å². The Hall–Kier alpha value is -0.520. The molecule has 0 aromatic heterocycles. The van der Waals surface area contributed by atoms with Crippen molar-refractivity contribution < 1.29 is 0 Å². The summed E-state index contributed by atoms with van der Waals surface area (Å²) in [6.07, 6.45) is 12.0. The molecule has 0 saturated carbocycles. The van der Waals surface area contributed by atoms with Gasteiger partial charge in [-0.05, 0) is 32.1 Å². The van der Waals surface area contributed by atoms with Crippen LogP contribution in [0.3, 0.4) is 0 Å². The topological polar surface area (TPSA) is 0 Å². The van der Waals surface area contributed by atoms with E-state index >= 15 is 0 Å². The van der Waals surface area contributed by atoms with Crippen LogP contribution < -0.4 is 0 Å². The van der Waals surface area contributed by atoms with Crippen LogP contribution in [0.1, 0.15) is 60.3 Å². The van der Waals surface area contributed by atoms with Gasteiger partial charge in [0.05, 0.1) is 0 Å². The Morgan fingerprint density at radius 2 is 1.93 bits per heavy atom. The third-order valence-electron chi connectivity index (χ3n) is 3.38. The van der Waals surface area contributed by atoms with Crippen molar-refractivity contribution in [3.05, 3.63) is 23.8 Å². The smallest absolute Gasteiger partial charge is 0.0316 e. The molecule has 0 heteroatoms. The van der Waals surface area contributed by atoms with Gasteiger partial charge in [-0.25, -0.2) is 0 Å². The van der Waals surface area contributed by atoms with E-state index in [-0.39, 0.29) is 0 Å². The molecule has 0 saturated heterocycles. The SMILES string of the molecule is CC=C(C)C=CCC(CCC)C(C)CC. The maximum Gasteiger partial charge on any atom is -0.0316 e. The van der Waals surface area contributed by atoms with Crippen molar-refractivity contribution >= 4 is 0 Å². The highest BCUT2D eigenvalue weighted by Crippen LogP contribution is 2.24. The van der Waals surface area contributed by atoms with Gasteiger partial charge in [0.25, 0.3) is 0 Å². The Kier molecular flexibility index (Phi) is 8.46. The number of allylic oxidation sites excluding steroid dienone is 4. The summed E-state index contributed by atoms with van der Waals surface area (Å²) in [7, 11) is 0. The van der Waals surface area contributed by atoms with Crippen LogP contribution in [-0.2, 0) is 0 Å². The Balaban J connectivity index is 4.11. The van der Waals surface area contributed by atoms with E-state index in [9.17, 15) is 0 Å². The van der Waals surface area contributed by atoms with Crippen LogP contribution in [0.5, 0.6) is 0 Å². The first-order valence-electron chi connectivity index (χ1n) is 6.45. The van der Waals surface area contributed by atoms with E-state index in [2.05, 4.69) is 52.8 Å². The third kappa shape index (κ3) is 6.54. The number of hydrogen-bond acceptors (Lipinski definition) is 0. The van der Waals surface area contributed by atoms with Gasteiger partial charge in [-0.1, -0.05) is 63.8 Å². The first-order valence-corrected chi connectivity index (χ1v) is 6.45. The van der Waals surface area contributed by atoms with Crippen molar-refractivity contribution in [3.63, 3.8) is 0 Å². The second kappa shape index (κ2) is 8.76. The number of rotatable bonds is 7. The minimum absolute atomic E-state index is 0.862. The van der Waals surface area contributed by atoms with Gasteiger partial charge in [0.15, 0.2) is 0 Å². The molecule has 0 rings (SSSR count). The largest absolute Gasteiger partial charge is 0.0847 e. The van der Waals surface area contributed by atoms with E-state index in [1.807, 2.05) is 0 Å². The van der Waals surface area contributed by atoms with Crippen LogP contribution in [0.4, 0.5) is 0 Å². The summed E-state index contributed by atoms with van der Waals surface area (Å²) in [4.78, 5) is 0. The Morgan fingerprint density at radius 1 is 1.27 bits per heavy atom. The second-order valence-corrected chi connectivity index (χ2v) is 4.61. The van der Waals surface area contributed by atoms with Gasteiger partial charge in [-0.2, -0.15) is 0 Å². The fourth-order valence-corrected chi connectivity index (χ4v) is 1.86. The van der Waals surface area contributed by atoms with Crippen molar-refractivity contribution in [2.24, 2.45) is 11.8 Å². The van der Waals surface area contributed by atoms with E-state index in [0.29, 0.717) is 0 Å². The summed E-state index contributed by atoms with van der Waals surface area (Å²) in [6.45, 7) is 11.2. The van der Waals surface area contributed by atoms with Gasteiger partial charge in [-0.3, -0.25) is 0 Å². The van der Waals surface area contributed by atoms with Gasteiger partial charge in [0.2, 0.25) is 0 Å². The first-order chi connectivity index (χ1) is 7.15. The molecule has 0 aromatic rings. The molecule has 88 valence electrons. The molecule has 0 aliphatic heterocycles. The van der Waals surface area contributed by atoms with Gasteiger partial charge >= 0.3 is 0 Å². The highest BCUT2D eigenvalue weighted by atomic mass is 14.2. The summed E-state index contributed by atoms with van der Waals surface area (Å²) < 4.78 is 0. The zero-order valence-electron chi connectivity index (χ0n) is 11.2. The summed E-state index contributed by atoms with van der Waals surface area (Å²) in [5.74, 6) is 1.74. The van der Waals surface area contributed by atoms with Crippen LogP contribution in [0, 0.1) is 11.8 Å².